The monoisotopic (exact) mass is 356 g/mol. The number of hydrogen-bond acceptors (Lipinski definition) is 6. The summed E-state index contributed by atoms with van der Waals surface area (Å²) in [4.78, 5) is 8.74. The molecule has 1 aliphatic rings. The Morgan fingerprint density at radius 3 is 3.07 bits per heavy atom. The van der Waals surface area contributed by atoms with Crippen molar-refractivity contribution in [2.75, 3.05) is 5.32 Å². The van der Waals surface area contributed by atoms with Crippen LogP contribution in [-0.4, -0.2) is 20.2 Å². The van der Waals surface area contributed by atoms with E-state index in [1.807, 2.05) is 25.1 Å². The second kappa shape index (κ2) is 5.95. The van der Waals surface area contributed by atoms with Gasteiger partial charge in [-0.25, -0.2) is 4.98 Å². The molecule has 27 heavy (non-hydrogen) atoms. The summed E-state index contributed by atoms with van der Waals surface area (Å²) < 4.78 is 5.39. The predicted octanol–water partition coefficient (Wildman–Crippen LogP) is 3.89. The van der Waals surface area contributed by atoms with Crippen molar-refractivity contribution in [1.29, 1.82) is 5.26 Å². The van der Waals surface area contributed by atoms with Crippen LogP contribution in [0.25, 0.3) is 22.5 Å². The van der Waals surface area contributed by atoms with E-state index in [-0.39, 0.29) is 6.04 Å². The normalized spacial score (nSPS) is 15.6. The van der Waals surface area contributed by atoms with Gasteiger partial charge in [0, 0.05) is 17.3 Å². The molecule has 1 aliphatic carbocycles. The number of oxazole rings is 1. The number of aromatic nitrogens is 4. The first-order valence-electron chi connectivity index (χ1n) is 8.77. The summed E-state index contributed by atoms with van der Waals surface area (Å²) in [5.74, 6) is 0.492. The van der Waals surface area contributed by atoms with Gasteiger partial charge >= 0.3 is 0 Å². The van der Waals surface area contributed by atoms with E-state index < -0.39 is 0 Å². The number of benzene rings is 1. The van der Waals surface area contributed by atoms with Crippen LogP contribution in [0.4, 0.5) is 5.69 Å². The zero-order valence-corrected chi connectivity index (χ0v) is 14.7. The molecule has 1 atom stereocenters. The van der Waals surface area contributed by atoms with Gasteiger partial charge < -0.3 is 9.73 Å². The highest BCUT2D eigenvalue weighted by molar-refractivity contribution is 5.93. The summed E-state index contributed by atoms with van der Waals surface area (Å²) in [7, 11) is 0. The van der Waals surface area contributed by atoms with Gasteiger partial charge in [0.25, 0.3) is 0 Å². The molecule has 4 aromatic rings. The largest absolute Gasteiger partial charge is 0.443 e. The minimum absolute atomic E-state index is 0.126. The maximum atomic E-state index is 9.21. The summed E-state index contributed by atoms with van der Waals surface area (Å²) in [5, 5.41) is 21.1. The van der Waals surface area contributed by atoms with Crippen LogP contribution >= 0.6 is 0 Å². The van der Waals surface area contributed by atoms with Crippen LogP contribution in [0, 0.1) is 18.3 Å². The molecule has 7 nitrogen and oxygen atoms in total. The molecule has 7 heteroatoms. The minimum Gasteiger partial charge on any atom is -0.443 e. The Balaban J connectivity index is 1.49. The molecule has 0 saturated heterocycles. The van der Waals surface area contributed by atoms with Crippen LogP contribution in [-0.2, 0) is 6.42 Å². The number of hydrogen-bond donors (Lipinski definition) is 2. The van der Waals surface area contributed by atoms with E-state index in [1.54, 1.807) is 12.4 Å². The van der Waals surface area contributed by atoms with Crippen molar-refractivity contribution in [3.8, 4) is 17.7 Å². The number of rotatable bonds is 3. The topological polar surface area (TPSA) is 103 Å². The smallest absolute Gasteiger partial charge is 0.247 e. The van der Waals surface area contributed by atoms with Gasteiger partial charge in [0.05, 0.1) is 29.0 Å². The molecule has 2 N–H and O–H groups in total. The fourth-order valence-electron chi connectivity index (χ4n) is 3.77. The Morgan fingerprint density at radius 2 is 2.26 bits per heavy atom. The Kier molecular flexibility index (Phi) is 3.44. The first kappa shape index (κ1) is 15.6. The molecule has 0 radical (unpaired) electrons. The van der Waals surface area contributed by atoms with Crippen LogP contribution in [0.1, 0.15) is 34.8 Å². The number of aromatic amines is 1. The molecule has 0 bridgehead atoms. The van der Waals surface area contributed by atoms with E-state index in [2.05, 4.69) is 31.6 Å². The Labute approximate surface area is 155 Å². The van der Waals surface area contributed by atoms with E-state index >= 15 is 0 Å². The first-order chi connectivity index (χ1) is 13.2. The summed E-state index contributed by atoms with van der Waals surface area (Å²) in [5.41, 5.74) is 6.53. The average Bonchev–Trinajstić information content (AvgIpc) is 3.41. The average molecular weight is 356 g/mol. The van der Waals surface area contributed by atoms with Gasteiger partial charge in [-0.3, -0.25) is 10.1 Å². The Morgan fingerprint density at radius 1 is 1.33 bits per heavy atom. The number of pyridine rings is 1. The molecule has 0 amide bonds. The lowest BCUT2D eigenvalue weighted by molar-refractivity contribution is 0.572. The number of fused-ring (bicyclic) bond motifs is 2. The first-order valence-corrected chi connectivity index (χ1v) is 8.77. The molecule has 0 spiro atoms. The molecule has 0 saturated carbocycles. The minimum atomic E-state index is 0.126. The number of H-pyrrole nitrogens is 1. The van der Waals surface area contributed by atoms with Gasteiger partial charge in [0.1, 0.15) is 12.3 Å². The van der Waals surface area contributed by atoms with E-state index in [0.717, 1.165) is 40.7 Å². The van der Waals surface area contributed by atoms with E-state index in [0.29, 0.717) is 17.1 Å². The van der Waals surface area contributed by atoms with Gasteiger partial charge in [-0.15, -0.1) is 0 Å². The molecule has 0 aliphatic heterocycles. The molecule has 1 unspecified atom stereocenters. The van der Waals surface area contributed by atoms with Crippen LogP contribution in [0.5, 0.6) is 0 Å². The van der Waals surface area contributed by atoms with E-state index in [1.165, 1.54) is 11.8 Å². The number of anilines is 1. The lowest BCUT2D eigenvalue weighted by atomic mass is 10.0. The van der Waals surface area contributed by atoms with Crippen molar-refractivity contribution >= 4 is 16.6 Å². The van der Waals surface area contributed by atoms with E-state index in [9.17, 15) is 5.26 Å². The van der Waals surface area contributed by atoms with E-state index in [4.69, 9.17) is 4.42 Å². The fourth-order valence-corrected chi connectivity index (χ4v) is 3.77. The number of nitriles is 1. The second-order valence-corrected chi connectivity index (χ2v) is 6.68. The maximum Gasteiger partial charge on any atom is 0.247 e. The van der Waals surface area contributed by atoms with Crippen molar-refractivity contribution in [3.63, 3.8) is 0 Å². The number of nitrogens with one attached hydrogen (secondary N) is 2. The van der Waals surface area contributed by atoms with Crippen LogP contribution in [0.2, 0.25) is 0 Å². The van der Waals surface area contributed by atoms with Crippen molar-refractivity contribution in [2.45, 2.75) is 25.8 Å². The highest BCUT2D eigenvalue weighted by atomic mass is 16.3. The summed E-state index contributed by atoms with van der Waals surface area (Å²) >= 11 is 0. The third kappa shape index (κ3) is 2.46. The van der Waals surface area contributed by atoms with Gasteiger partial charge in [-0.1, -0.05) is 0 Å². The standard InChI is InChI=1S/C20H16N6O/c1-11-12(9-21)10-23-18-14(11)3-5-17(18)24-13-2-4-16-15(8-13)19(26-25-16)20-22-6-7-27-20/h2,4,6-8,10,17,24H,3,5H2,1H3,(H,25,26). The van der Waals surface area contributed by atoms with Crippen LogP contribution < -0.4 is 5.32 Å². The SMILES string of the molecule is Cc1c(C#N)cnc2c1CCC2Nc1ccc2[nH]nc(-c3ncco3)c2c1. The van der Waals surface area contributed by atoms with Crippen molar-refractivity contribution in [1.82, 2.24) is 20.2 Å². The lowest BCUT2D eigenvalue weighted by Crippen LogP contribution is -2.09. The zero-order chi connectivity index (χ0) is 18.4. The number of nitrogens with zero attached hydrogens (tertiary/aromatic N) is 4. The molecule has 1 aromatic carbocycles. The lowest BCUT2D eigenvalue weighted by Gasteiger charge is -2.15. The Hall–Kier alpha value is -3.66. The van der Waals surface area contributed by atoms with Crippen molar-refractivity contribution in [2.24, 2.45) is 0 Å². The van der Waals surface area contributed by atoms with Crippen LogP contribution in [0.15, 0.2) is 41.3 Å². The maximum absolute atomic E-state index is 9.21. The summed E-state index contributed by atoms with van der Waals surface area (Å²) in [6.45, 7) is 2.00. The summed E-state index contributed by atoms with van der Waals surface area (Å²) in [6.07, 6.45) is 6.70. The predicted molar refractivity (Wildman–Crippen MR) is 100.0 cm³/mol. The van der Waals surface area contributed by atoms with Crippen molar-refractivity contribution in [3.05, 3.63) is 59.2 Å². The molecular formula is C20H16N6O. The second-order valence-electron chi connectivity index (χ2n) is 6.68. The molecule has 132 valence electrons. The third-order valence-electron chi connectivity index (χ3n) is 5.17. The fraction of sp³-hybridized carbons (Fsp3) is 0.200. The molecule has 3 heterocycles. The third-order valence-corrected chi connectivity index (χ3v) is 5.17. The van der Waals surface area contributed by atoms with Gasteiger partial charge in [0.15, 0.2) is 5.69 Å². The molecule has 0 fully saturated rings. The molecule has 3 aromatic heterocycles. The highest BCUT2D eigenvalue weighted by Crippen LogP contribution is 2.36. The quantitative estimate of drug-likeness (QED) is 0.577. The highest BCUT2D eigenvalue weighted by Gasteiger charge is 2.26. The zero-order valence-electron chi connectivity index (χ0n) is 14.7. The van der Waals surface area contributed by atoms with Crippen molar-refractivity contribution < 1.29 is 4.42 Å². The van der Waals surface area contributed by atoms with Crippen LogP contribution in [0.3, 0.4) is 0 Å². The summed E-state index contributed by atoms with van der Waals surface area (Å²) in [6, 6.07) is 8.41. The molecular weight excluding hydrogens is 340 g/mol. The molecule has 5 rings (SSSR count). The van der Waals surface area contributed by atoms with Gasteiger partial charge in [0.2, 0.25) is 5.89 Å². The van der Waals surface area contributed by atoms with Gasteiger partial charge in [-0.2, -0.15) is 10.4 Å². The Bertz CT molecular complexity index is 1190. The van der Waals surface area contributed by atoms with Gasteiger partial charge in [-0.05, 0) is 49.1 Å².